The highest BCUT2D eigenvalue weighted by Gasteiger charge is 2.22. The van der Waals surface area contributed by atoms with Crippen LogP contribution in [0.4, 0.5) is 8.78 Å². The molecular formula is C10H10F2INO3. The Balaban J connectivity index is 3.22. The van der Waals surface area contributed by atoms with Gasteiger partial charge in [-0.1, -0.05) is 0 Å². The van der Waals surface area contributed by atoms with Crippen molar-refractivity contribution in [3.63, 3.8) is 0 Å². The van der Waals surface area contributed by atoms with E-state index >= 15 is 0 Å². The van der Waals surface area contributed by atoms with Crippen molar-refractivity contribution in [1.82, 2.24) is 0 Å². The van der Waals surface area contributed by atoms with E-state index in [1.54, 1.807) is 29.5 Å². The van der Waals surface area contributed by atoms with Crippen molar-refractivity contribution in [3.8, 4) is 5.75 Å². The molecule has 94 valence electrons. The number of carboxylic acids is 1. The molecule has 0 aromatic heterocycles. The maximum Gasteiger partial charge on any atom is 0.338 e. The number of hydrogen-bond acceptors (Lipinski definition) is 3. The molecule has 1 atom stereocenters. The van der Waals surface area contributed by atoms with Gasteiger partial charge in [0, 0.05) is 6.04 Å². The van der Waals surface area contributed by atoms with Crippen LogP contribution in [0.3, 0.4) is 0 Å². The van der Waals surface area contributed by atoms with Crippen molar-refractivity contribution in [2.45, 2.75) is 13.0 Å². The number of hydrogen-bond donors (Lipinski definition) is 2. The van der Waals surface area contributed by atoms with E-state index in [1.165, 1.54) is 0 Å². The quantitative estimate of drug-likeness (QED) is 0.639. The SMILES string of the molecule is C[C@H](N)COc1c(F)c(C(=O)O)cc(F)c1I. The number of rotatable bonds is 4. The average Bonchev–Trinajstić information content (AvgIpc) is 2.22. The van der Waals surface area contributed by atoms with E-state index in [9.17, 15) is 13.6 Å². The number of benzene rings is 1. The predicted octanol–water partition coefficient (Wildman–Crippen LogP) is 1.99. The summed E-state index contributed by atoms with van der Waals surface area (Å²) in [6, 6.07) is 0.250. The van der Waals surface area contributed by atoms with Crippen LogP contribution in [0, 0.1) is 15.2 Å². The lowest BCUT2D eigenvalue weighted by Gasteiger charge is -2.13. The maximum absolute atomic E-state index is 13.7. The molecule has 0 radical (unpaired) electrons. The molecule has 7 heteroatoms. The molecule has 3 N–H and O–H groups in total. The molecule has 17 heavy (non-hydrogen) atoms. The molecule has 1 aromatic rings. The van der Waals surface area contributed by atoms with E-state index in [1.807, 2.05) is 0 Å². The highest BCUT2D eigenvalue weighted by Crippen LogP contribution is 2.30. The molecule has 4 nitrogen and oxygen atoms in total. The summed E-state index contributed by atoms with van der Waals surface area (Å²) >= 11 is 1.54. The fourth-order valence-electron chi connectivity index (χ4n) is 1.08. The molecule has 0 spiro atoms. The maximum atomic E-state index is 13.7. The molecule has 1 rings (SSSR count). The first-order chi connectivity index (χ1) is 7.84. The van der Waals surface area contributed by atoms with Gasteiger partial charge in [-0.05, 0) is 35.6 Å². The lowest BCUT2D eigenvalue weighted by molar-refractivity contribution is 0.0690. The van der Waals surface area contributed by atoms with E-state index in [-0.39, 0.29) is 16.2 Å². The van der Waals surface area contributed by atoms with Crippen LogP contribution in [0.1, 0.15) is 17.3 Å². The van der Waals surface area contributed by atoms with Crippen molar-refractivity contribution >= 4 is 28.6 Å². The Kier molecular flexibility index (Phi) is 4.63. The number of halogens is 3. The summed E-state index contributed by atoms with van der Waals surface area (Å²) in [4.78, 5) is 10.7. The van der Waals surface area contributed by atoms with Crippen molar-refractivity contribution in [2.24, 2.45) is 5.73 Å². The Morgan fingerprint density at radius 1 is 1.65 bits per heavy atom. The highest BCUT2D eigenvalue weighted by atomic mass is 127. The van der Waals surface area contributed by atoms with Gasteiger partial charge in [0.25, 0.3) is 0 Å². The summed E-state index contributed by atoms with van der Waals surface area (Å²) in [7, 11) is 0. The minimum Gasteiger partial charge on any atom is -0.488 e. The summed E-state index contributed by atoms with van der Waals surface area (Å²) in [6.45, 7) is 1.59. The Morgan fingerprint density at radius 2 is 2.24 bits per heavy atom. The zero-order valence-corrected chi connectivity index (χ0v) is 11.0. The molecule has 0 aliphatic heterocycles. The normalized spacial score (nSPS) is 12.3. The first kappa shape index (κ1) is 14.1. The smallest absolute Gasteiger partial charge is 0.338 e. The second-order valence-electron chi connectivity index (χ2n) is 3.46. The van der Waals surface area contributed by atoms with Crippen LogP contribution < -0.4 is 10.5 Å². The van der Waals surface area contributed by atoms with Gasteiger partial charge in [0.2, 0.25) is 0 Å². The third kappa shape index (κ3) is 3.25. The van der Waals surface area contributed by atoms with Crippen LogP contribution >= 0.6 is 22.6 Å². The Labute approximate surface area is 110 Å². The van der Waals surface area contributed by atoms with Gasteiger partial charge in [0.15, 0.2) is 11.6 Å². The largest absolute Gasteiger partial charge is 0.488 e. The molecule has 0 saturated heterocycles. The Hall–Kier alpha value is -0.960. The van der Waals surface area contributed by atoms with Crippen LogP contribution in [0.15, 0.2) is 6.07 Å². The number of nitrogens with two attached hydrogens (primary N) is 1. The molecule has 0 saturated carbocycles. The minimum atomic E-state index is -1.55. The third-order valence-electron chi connectivity index (χ3n) is 1.84. The van der Waals surface area contributed by atoms with Gasteiger partial charge in [0.05, 0.1) is 3.57 Å². The van der Waals surface area contributed by atoms with Gasteiger partial charge >= 0.3 is 5.97 Å². The third-order valence-corrected chi connectivity index (χ3v) is 2.84. The topological polar surface area (TPSA) is 72.5 Å². The fourth-order valence-corrected chi connectivity index (χ4v) is 1.63. The Bertz CT molecular complexity index is 452. The predicted molar refractivity (Wildman–Crippen MR) is 65.2 cm³/mol. The number of carbonyl (C=O) groups is 1. The summed E-state index contributed by atoms with van der Waals surface area (Å²) in [5, 5.41) is 8.69. The first-order valence-electron chi connectivity index (χ1n) is 4.63. The van der Waals surface area contributed by atoms with Gasteiger partial charge < -0.3 is 15.6 Å². The van der Waals surface area contributed by atoms with Crippen LogP contribution in [0.25, 0.3) is 0 Å². The second-order valence-corrected chi connectivity index (χ2v) is 4.54. The van der Waals surface area contributed by atoms with Crippen LogP contribution in [-0.4, -0.2) is 23.7 Å². The van der Waals surface area contributed by atoms with Crippen LogP contribution in [0.2, 0.25) is 0 Å². The lowest BCUT2D eigenvalue weighted by atomic mass is 10.2. The molecule has 0 heterocycles. The van der Waals surface area contributed by atoms with E-state index < -0.39 is 28.9 Å². The van der Waals surface area contributed by atoms with E-state index in [2.05, 4.69) is 0 Å². The average molecular weight is 357 g/mol. The molecule has 0 unspecified atom stereocenters. The number of aromatic carboxylic acids is 1. The minimum absolute atomic E-state index is 0.0323. The Morgan fingerprint density at radius 3 is 2.71 bits per heavy atom. The van der Waals surface area contributed by atoms with Crippen LogP contribution in [-0.2, 0) is 0 Å². The zero-order valence-electron chi connectivity index (χ0n) is 8.84. The van der Waals surface area contributed by atoms with E-state index in [0.29, 0.717) is 6.07 Å². The van der Waals surface area contributed by atoms with Gasteiger partial charge in [-0.15, -0.1) is 0 Å². The zero-order chi connectivity index (χ0) is 13.2. The molecule has 0 bridgehead atoms. The summed E-state index contributed by atoms with van der Waals surface area (Å²) in [5.41, 5.74) is 4.65. The highest BCUT2D eigenvalue weighted by molar-refractivity contribution is 14.1. The van der Waals surface area contributed by atoms with E-state index in [4.69, 9.17) is 15.6 Å². The first-order valence-corrected chi connectivity index (χ1v) is 5.71. The summed E-state index contributed by atoms with van der Waals surface area (Å²) in [6.07, 6.45) is 0. The summed E-state index contributed by atoms with van der Waals surface area (Å²) < 4.78 is 31.9. The van der Waals surface area contributed by atoms with Crippen molar-refractivity contribution < 1.29 is 23.4 Å². The molecule has 1 aromatic carbocycles. The number of carboxylic acid groups (broad SMARTS) is 1. The molecule has 0 amide bonds. The van der Waals surface area contributed by atoms with Gasteiger partial charge in [0.1, 0.15) is 18.0 Å². The van der Waals surface area contributed by atoms with Gasteiger partial charge in [-0.2, -0.15) is 0 Å². The molecule has 0 aliphatic carbocycles. The molecule has 0 fully saturated rings. The van der Waals surface area contributed by atoms with Gasteiger partial charge in [-0.3, -0.25) is 0 Å². The van der Waals surface area contributed by atoms with Crippen molar-refractivity contribution in [3.05, 3.63) is 26.8 Å². The second kappa shape index (κ2) is 5.58. The van der Waals surface area contributed by atoms with Crippen molar-refractivity contribution in [1.29, 1.82) is 0 Å². The van der Waals surface area contributed by atoms with E-state index in [0.717, 1.165) is 0 Å². The molecular weight excluding hydrogens is 347 g/mol. The molecule has 0 aliphatic rings. The summed E-state index contributed by atoms with van der Waals surface area (Å²) in [5.74, 6) is -3.91. The monoisotopic (exact) mass is 357 g/mol. The van der Waals surface area contributed by atoms with Gasteiger partial charge in [-0.25, -0.2) is 13.6 Å². The standard InChI is InChI=1S/C10H10F2INO3/c1-4(14)3-17-9-7(12)5(10(15)16)2-6(11)8(9)13/h2,4H,3,14H2,1H3,(H,15,16)/t4-/m0/s1. The van der Waals surface area contributed by atoms with Crippen LogP contribution in [0.5, 0.6) is 5.75 Å². The number of ether oxygens (including phenoxy) is 1. The fraction of sp³-hybridized carbons (Fsp3) is 0.300. The lowest BCUT2D eigenvalue weighted by Crippen LogP contribution is -2.24. The van der Waals surface area contributed by atoms with Crippen molar-refractivity contribution in [2.75, 3.05) is 6.61 Å².